The number of carbonyl (C=O) groups is 1. The van der Waals surface area contributed by atoms with Crippen molar-refractivity contribution in [2.75, 3.05) is 0 Å². The van der Waals surface area contributed by atoms with Crippen LogP contribution in [-0.2, 0) is 15.6 Å². The fourth-order valence-electron chi connectivity index (χ4n) is 2.60. The molecule has 3 aromatic rings. The molecule has 0 atom stereocenters. The highest BCUT2D eigenvalue weighted by Crippen LogP contribution is 2.23. The number of hydrogen-bond acceptors (Lipinski definition) is 3. The number of hydrogen-bond donors (Lipinski definition) is 0. The van der Waals surface area contributed by atoms with Gasteiger partial charge in [0.25, 0.3) is 0 Å². The van der Waals surface area contributed by atoms with Crippen LogP contribution in [0.25, 0.3) is 11.1 Å². The average Bonchev–Trinajstić information content (AvgIpc) is 2.63. The molecule has 0 N–H and O–H groups in total. The Bertz CT molecular complexity index is 969. The second-order valence-corrected chi connectivity index (χ2v) is 8.00. The zero-order chi connectivity index (χ0) is 17.9. The number of carbonyl (C=O) groups excluding carboxylic acids is 1. The minimum absolute atomic E-state index is 0.0873. The maximum Gasteiger partial charge on any atom is 0.182 e. The predicted octanol–water partition coefficient (Wildman–Crippen LogP) is 4.45. The maximum absolute atomic E-state index is 12.6. The van der Waals surface area contributed by atoms with Crippen molar-refractivity contribution in [2.24, 2.45) is 0 Å². The van der Waals surface area contributed by atoms with Crippen molar-refractivity contribution in [2.45, 2.75) is 17.6 Å². The van der Waals surface area contributed by atoms with Gasteiger partial charge in [-0.25, -0.2) is 8.42 Å². The Kier molecular flexibility index (Phi) is 4.81. The Hall–Kier alpha value is -2.72. The van der Waals surface area contributed by atoms with E-state index in [4.69, 9.17) is 0 Å². The fraction of sp³-hybridized carbons (Fsp3) is 0.0952. The molecule has 126 valence electrons. The SMILES string of the molecule is Cc1ccc(-c2ccc(S(=O)(=O)Cc3ccc(C=O)cc3)cc2)cc1. The molecule has 0 radical (unpaired) electrons. The molecule has 0 heterocycles. The van der Waals surface area contributed by atoms with Gasteiger partial charge in [0.15, 0.2) is 9.84 Å². The van der Waals surface area contributed by atoms with Gasteiger partial charge in [-0.2, -0.15) is 0 Å². The van der Waals surface area contributed by atoms with E-state index in [-0.39, 0.29) is 5.75 Å². The maximum atomic E-state index is 12.6. The highest BCUT2D eigenvalue weighted by Gasteiger charge is 2.15. The summed E-state index contributed by atoms with van der Waals surface area (Å²) < 4.78 is 25.2. The van der Waals surface area contributed by atoms with Crippen molar-refractivity contribution >= 4 is 16.1 Å². The number of aldehydes is 1. The molecule has 3 nitrogen and oxygen atoms in total. The van der Waals surface area contributed by atoms with Crippen LogP contribution in [0.3, 0.4) is 0 Å². The van der Waals surface area contributed by atoms with Crippen LogP contribution in [0.1, 0.15) is 21.5 Å². The first-order chi connectivity index (χ1) is 12.0. The Morgan fingerprint density at radius 1 is 0.760 bits per heavy atom. The Morgan fingerprint density at radius 3 is 1.80 bits per heavy atom. The summed E-state index contributed by atoms with van der Waals surface area (Å²) in [5.41, 5.74) is 4.41. The van der Waals surface area contributed by atoms with Crippen molar-refractivity contribution in [3.63, 3.8) is 0 Å². The number of sulfone groups is 1. The molecule has 0 unspecified atom stereocenters. The zero-order valence-electron chi connectivity index (χ0n) is 13.8. The van der Waals surface area contributed by atoms with Crippen molar-refractivity contribution in [1.29, 1.82) is 0 Å². The third-order valence-electron chi connectivity index (χ3n) is 4.07. The van der Waals surface area contributed by atoms with Gasteiger partial charge in [0.05, 0.1) is 10.6 Å². The van der Waals surface area contributed by atoms with Gasteiger partial charge in [-0.3, -0.25) is 4.79 Å². The molecule has 0 aliphatic carbocycles. The minimum Gasteiger partial charge on any atom is -0.298 e. The number of aryl methyl sites for hydroxylation is 1. The third kappa shape index (κ3) is 4.03. The standard InChI is InChI=1S/C21H18O3S/c1-16-2-8-19(9-3-16)20-10-12-21(13-11-20)25(23,24)15-18-6-4-17(14-22)5-7-18/h2-14H,15H2,1H3. The van der Waals surface area contributed by atoms with E-state index in [9.17, 15) is 13.2 Å². The molecular weight excluding hydrogens is 332 g/mol. The van der Waals surface area contributed by atoms with Gasteiger partial charge in [-0.15, -0.1) is 0 Å². The molecule has 4 heteroatoms. The van der Waals surface area contributed by atoms with Crippen molar-refractivity contribution < 1.29 is 13.2 Å². The number of rotatable bonds is 5. The van der Waals surface area contributed by atoms with Crippen LogP contribution in [0, 0.1) is 6.92 Å². The van der Waals surface area contributed by atoms with Crippen molar-refractivity contribution in [3.05, 3.63) is 89.5 Å². The van der Waals surface area contributed by atoms with Crippen LogP contribution in [0.15, 0.2) is 77.7 Å². The first kappa shape index (κ1) is 17.1. The first-order valence-corrected chi connectivity index (χ1v) is 9.57. The van der Waals surface area contributed by atoms with Crippen LogP contribution < -0.4 is 0 Å². The van der Waals surface area contributed by atoms with Crippen molar-refractivity contribution in [1.82, 2.24) is 0 Å². The lowest BCUT2D eigenvalue weighted by Crippen LogP contribution is -2.05. The van der Waals surface area contributed by atoms with E-state index < -0.39 is 9.84 Å². The molecule has 0 saturated heterocycles. The third-order valence-corrected chi connectivity index (χ3v) is 5.77. The summed E-state index contributed by atoms with van der Waals surface area (Å²) in [4.78, 5) is 11.0. The summed E-state index contributed by atoms with van der Waals surface area (Å²) in [5, 5.41) is 0. The van der Waals surface area contributed by atoms with E-state index in [0.717, 1.165) is 17.4 Å². The van der Waals surface area contributed by atoms with Crippen LogP contribution in [0.2, 0.25) is 0 Å². The molecule has 0 bridgehead atoms. The molecular formula is C21H18O3S. The van der Waals surface area contributed by atoms with E-state index >= 15 is 0 Å². The minimum atomic E-state index is -3.43. The molecule has 0 fully saturated rings. The summed E-state index contributed by atoms with van der Waals surface area (Å²) in [6, 6.07) is 21.6. The molecule has 0 aliphatic rings. The van der Waals surface area contributed by atoms with Crippen LogP contribution in [0.5, 0.6) is 0 Å². The van der Waals surface area contributed by atoms with Crippen LogP contribution in [-0.4, -0.2) is 14.7 Å². The highest BCUT2D eigenvalue weighted by atomic mass is 32.2. The van der Waals surface area contributed by atoms with Gasteiger partial charge in [-0.1, -0.05) is 66.2 Å². The highest BCUT2D eigenvalue weighted by molar-refractivity contribution is 7.90. The second-order valence-electron chi connectivity index (χ2n) is 6.01. The lowest BCUT2D eigenvalue weighted by molar-refractivity contribution is 0.112. The van der Waals surface area contributed by atoms with Crippen molar-refractivity contribution in [3.8, 4) is 11.1 Å². The topological polar surface area (TPSA) is 51.2 Å². The van der Waals surface area contributed by atoms with Gasteiger partial charge in [-0.05, 0) is 35.7 Å². The monoisotopic (exact) mass is 350 g/mol. The fourth-order valence-corrected chi connectivity index (χ4v) is 3.94. The lowest BCUT2D eigenvalue weighted by Gasteiger charge is -2.07. The van der Waals surface area contributed by atoms with Gasteiger partial charge in [0.2, 0.25) is 0 Å². The van der Waals surface area contributed by atoms with E-state index in [0.29, 0.717) is 16.0 Å². The predicted molar refractivity (Wildman–Crippen MR) is 99.3 cm³/mol. The normalized spacial score (nSPS) is 11.2. The molecule has 0 aromatic heterocycles. The van der Waals surface area contributed by atoms with Crippen LogP contribution >= 0.6 is 0 Å². The Labute approximate surface area is 147 Å². The molecule has 0 aliphatic heterocycles. The summed E-state index contributed by atoms with van der Waals surface area (Å²) in [7, 11) is -3.43. The Morgan fingerprint density at radius 2 is 1.28 bits per heavy atom. The first-order valence-electron chi connectivity index (χ1n) is 7.92. The molecule has 0 saturated carbocycles. The summed E-state index contributed by atoms with van der Waals surface area (Å²) in [6.45, 7) is 2.03. The van der Waals surface area contributed by atoms with Gasteiger partial charge < -0.3 is 0 Å². The molecule has 25 heavy (non-hydrogen) atoms. The van der Waals surface area contributed by atoms with Gasteiger partial charge in [0.1, 0.15) is 6.29 Å². The molecule has 0 spiro atoms. The van der Waals surface area contributed by atoms with E-state index in [1.165, 1.54) is 5.56 Å². The summed E-state index contributed by atoms with van der Waals surface area (Å²) in [5.74, 6) is -0.0873. The lowest BCUT2D eigenvalue weighted by atomic mass is 10.0. The van der Waals surface area contributed by atoms with Gasteiger partial charge >= 0.3 is 0 Å². The Balaban J connectivity index is 1.82. The molecule has 3 aromatic carbocycles. The number of benzene rings is 3. The average molecular weight is 350 g/mol. The van der Waals surface area contributed by atoms with Crippen LogP contribution in [0.4, 0.5) is 0 Å². The van der Waals surface area contributed by atoms with Gasteiger partial charge in [0, 0.05) is 5.56 Å². The molecule has 0 amide bonds. The summed E-state index contributed by atoms with van der Waals surface area (Å²) >= 11 is 0. The van der Waals surface area contributed by atoms with E-state index in [2.05, 4.69) is 0 Å². The largest absolute Gasteiger partial charge is 0.298 e. The molecule has 3 rings (SSSR count). The van der Waals surface area contributed by atoms with E-state index in [1.807, 2.05) is 43.3 Å². The quantitative estimate of drug-likeness (QED) is 0.639. The zero-order valence-corrected chi connectivity index (χ0v) is 14.7. The second kappa shape index (κ2) is 7.03. The smallest absolute Gasteiger partial charge is 0.182 e. The van der Waals surface area contributed by atoms with E-state index in [1.54, 1.807) is 36.4 Å². The summed E-state index contributed by atoms with van der Waals surface area (Å²) in [6.07, 6.45) is 0.738.